The Morgan fingerprint density at radius 3 is 3.06 bits per heavy atom. The zero-order valence-electron chi connectivity index (χ0n) is 10.5. The summed E-state index contributed by atoms with van der Waals surface area (Å²) >= 11 is 0. The number of carbonyl (C=O) groups excluding carboxylic acids is 1. The van der Waals surface area contributed by atoms with Crippen LogP contribution < -0.4 is 5.32 Å². The fourth-order valence-electron chi connectivity index (χ4n) is 2.05. The summed E-state index contributed by atoms with van der Waals surface area (Å²) in [5, 5.41) is 3.30. The second-order valence-corrected chi connectivity index (χ2v) is 4.35. The Morgan fingerprint density at radius 1 is 1.39 bits per heavy atom. The van der Waals surface area contributed by atoms with Crippen LogP contribution in [-0.4, -0.2) is 42.0 Å². The molecule has 1 aliphatic heterocycles. The highest BCUT2D eigenvalue weighted by Crippen LogP contribution is 2.05. The van der Waals surface area contributed by atoms with Gasteiger partial charge in [-0.15, -0.1) is 12.4 Å². The van der Waals surface area contributed by atoms with Gasteiger partial charge in [-0.1, -0.05) is 6.07 Å². The molecular formula is C13H20ClN3O. The normalized spacial score (nSPS) is 15.7. The molecule has 0 unspecified atom stereocenters. The predicted octanol–water partition coefficient (Wildman–Crippen LogP) is 1.26. The SMILES string of the molecule is Cl.O=C(CCc1cccnc1)N1CCCNCC1. The minimum atomic E-state index is 0. The molecule has 4 nitrogen and oxygen atoms in total. The molecule has 2 heterocycles. The number of aromatic nitrogens is 1. The molecule has 0 bridgehead atoms. The van der Waals surface area contributed by atoms with Crippen molar-refractivity contribution in [1.82, 2.24) is 15.2 Å². The van der Waals surface area contributed by atoms with Crippen molar-refractivity contribution >= 4 is 18.3 Å². The third-order valence-electron chi connectivity index (χ3n) is 3.04. The van der Waals surface area contributed by atoms with Gasteiger partial charge in [-0.25, -0.2) is 0 Å². The van der Waals surface area contributed by atoms with E-state index in [0.717, 1.165) is 44.6 Å². The van der Waals surface area contributed by atoms with E-state index in [9.17, 15) is 4.79 Å². The summed E-state index contributed by atoms with van der Waals surface area (Å²) < 4.78 is 0. The van der Waals surface area contributed by atoms with Gasteiger partial charge in [0, 0.05) is 38.4 Å². The molecule has 1 amide bonds. The van der Waals surface area contributed by atoms with Gasteiger partial charge in [0.15, 0.2) is 0 Å². The van der Waals surface area contributed by atoms with Gasteiger partial charge in [-0.2, -0.15) is 0 Å². The number of hydrogen-bond donors (Lipinski definition) is 1. The summed E-state index contributed by atoms with van der Waals surface area (Å²) in [6, 6.07) is 3.93. The Balaban J connectivity index is 0.00000162. The number of nitrogens with one attached hydrogen (secondary N) is 1. The zero-order chi connectivity index (χ0) is 11.9. The van der Waals surface area contributed by atoms with Gasteiger partial charge in [-0.3, -0.25) is 9.78 Å². The fourth-order valence-corrected chi connectivity index (χ4v) is 2.05. The standard InChI is InChI=1S/C13H19N3O.ClH/c17-13(16-9-2-7-14-8-10-16)5-4-12-3-1-6-15-11-12;/h1,3,6,11,14H,2,4-5,7-10H2;1H. The molecule has 0 radical (unpaired) electrons. The number of rotatable bonds is 3. The van der Waals surface area contributed by atoms with Gasteiger partial charge in [0.05, 0.1) is 0 Å². The van der Waals surface area contributed by atoms with Crippen LogP contribution in [0.3, 0.4) is 0 Å². The van der Waals surface area contributed by atoms with Gasteiger partial charge >= 0.3 is 0 Å². The number of pyridine rings is 1. The number of halogens is 1. The van der Waals surface area contributed by atoms with Gasteiger partial charge < -0.3 is 10.2 Å². The summed E-state index contributed by atoms with van der Waals surface area (Å²) in [5.74, 6) is 0.262. The summed E-state index contributed by atoms with van der Waals surface area (Å²) in [5.41, 5.74) is 1.13. The average Bonchev–Trinajstić information content (AvgIpc) is 2.66. The minimum Gasteiger partial charge on any atom is -0.341 e. The second-order valence-electron chi connectivity index (χ2n) is 4.35. The molecule has 0 aromatic carbocycles. The van der Waals surface area contributed by atoms with Crippen LogP contribution in [0.4, 0.5) is 0 Å². The molecule has 2 rings (SSSR count). The van der Waals surface area contributed by atoms with Crippen LogP contribution in [0.1, 0.15) is 18.4 Å². The number of carbonyl (C=O) groups is 1. The molecule has 1 aliphatic rings. The van der Waals surface area contributed by atoms with E-state index in [-0.39, 0.29) is 18.3 Å². The van der Waals surface area contributed by atoms with Crippen LogP contribution in [0.5, 0.6) is 0 Å². The van der Waals surface area contributed by atoms with Crippen molar-refractivity contribution in [2.24, 2.45) is 0 Å². The molecule has 1 aromatic rings. The first kappa shape index (κ1) is 14.9. The smallest absolute Gasteiger partial charge is 0.222 e. The zero-order valence-corrected chi connectivity index (χ0v) is 11.3. The first-order valence-corrected chi connectivity index (χ1v) is 6.23. The van der Waals surface area contributed by atoms with Crippen molar-refractivity contribution in [3.8, 4) is 0 Å². The van der Waals surface area contributed by atoms with E-state index in [1.807, 2.05) is 23.2 Å². The number of amides is 1. The van der Waals surface area contributed by atoms with Crippen molar-refractivity contribution in [3.63, 3.8) is 0 Å². The highest BCUT2D eigenvalue weighted by atomic mass is 35.5. The Hall–Kier alpha value is -1.13. The molecule has 18 heavy (non-hydrogen) atoms. The van der Waals surface area contributed by atoms with E-state index >= 15 is 0 Å². The monoisotopic (exact) mass is 269 g/mol. The van der Waals surface area contributed by atoms with Crippen molar-refractivity contribution in [2.75, 3.05) is 26.2 Å². The first-order chi connectivity index (χ1) is 8.36. The molecule has 0 atom stereocenters. The lowest BCUT2D eigenvalue weighted by Gasteiger charge is -2.19. The number of nitrogens with zero attached hydrogens (tertiary/aromatic N) is 2. The summed E-state index contributed by atoms with van der Waals surface area (Å²) in [6.45, 7) is 3.66. The van der Waals surface area contributed by atoms with Crippen LogP contribution in [0.25, 0.3) is 0 Å². The minimum absolute atomic E-state index is 0. The lowest BCUT2D eigenvalue weighted by molar-refractivity contribution is -0.130. The number of aryl methyl sites for hydroxylation is 1. The Morgan fingerprint density at radius 2 is 2.28 bits per heavy atom. The maximum Gasteiger partial charge on any atom is 0.222 e. The molecule has 0 spiro atoms. The van der Waals surface area contributed by atoms with Crippen LogP contribution in [0, 0.1) is 0 Å². The largest absolute Gasteiger partial charge is 0.341 e. The Kier molecular flexibility index (Phi) is 6.68. The van der Waals surface area contributed by atoms with E-state index in [1.54, 1.807) is 6.20 Å². The quantitative estimate of drug-likeness (QED) is 0.899. The van der Waals surface area contributed by atoms with Crippen molar-refractivity contribution in [2.45, 2.75) is 19.3 Å². The molecule has 100 valence electrons. The molecule has 1 N–H and O–H groups in total. The molecule has 1 saturated heterocycles. The van der Waals surface area contributed by atoms with Crippen molar-refractivity contribution < 1.29 is 4.79 Å². The summed E-state index contributed by atoms with van der Waals surface area (Å²) in [4.78, 5) is 18.0. The highest BCUT2D eigenvalue weighted by molar-refractivity contribution is 5.85. The van der Waals surface area contributed by atoms with Crippen LogP contribution >= 0.6 is 12.4 Å². The average molecular weight is 270 g/mol. The van der Waals surface area contributed by atoms with Gasteiger partial charge in [0.2, 0.25) is 5.91 Å². The number of hydrogen-bond acceptors (Lipinski definition) is 3. The van der Waals surface area contributed by atoms with E-state index in [0.29, 0.717) is 6.42 Å². The van der Waals surface area contributed by atoms with Crippen molar-refractivity contribution in [1.29, 1.82) is 0 Å². The second kappa shape index (κ2) is 8.06. The molecule has 0 aliphatic carbocycles. The van der Waals surface area contributed by atoms with Crippen LogP contribution in [-0.2, 0) is 11.2 Å². The van der Waals surface area contributed by atoms with Gasteiger partial charge in [0.1, 0.15) is 0 Å². The molecular weight excluding hydrogens is 250 g/mol. The summed E-state index contributed by atoms with van der Waals surface area (Å²) in [7, 11) is 0. The Bertz CT molecular complexity index is 351. The lowest BCUT2D eigenvalue weighted by Crippen LogP contribution is -2.34. The van der Waals surface area contributed by atoms with E-state index < -0.39 is 0 Å². The third-order valence-corrected chi connectivity index (χ3v) is 3.04. The van der Waals surface area contributed by atoms with E-state index in [4.69, 9.17) is 0 Å². The van der Waals surface area contributed by atoms with Crippen molar-refractivity contribution in [3.05, 3.63) is 30.1 Å². The molecule has 1 aromatic heterocycles. The van der Waals surface area contributed by atoms with Gasteiger partial charge in [0.25, 0.3) is 0 Å². The first-order valence-electron chi connectivity index (χ1n) is 6.23. The molecule has 1 fully saturated rings. The maximum atomic E-state index is 12.0. The van der Waals surface area contributed by atoms with Crippen LogP contribution in [0.15, 0.2) is 24.5 Å². The van der Waals surface area contributed by atoms with E-state index in [2.05, 4.69) is 10.3 Å². The van der Waals surface area contributed by atoms with Crippen LogP contribution in [0.2, 0.25) is 0 Å². The highest BCUT2D eigenvalue weighted by Gasteiger charge is 2.14. The van der Waals surface area contributed by atoms with E-state index in [1.165, 1.54) is 0 Å². The van der Waals surface area contributed by atoms with Gasteiger partial charge in [-0.05, 0) is 31.0 Å². The predicted molar refractivity (Wildman–Crippen MR) is 73.9 cm³/mol. The summed E-state index contributed by atoms with van der Waals surface area (Å²) in [6.07, 6.45) is 6.02. The Labute approximate surface area is 114 Å². The fraction of sp³-hybridized carbons (Fsp3) is 0.538. The maximum absolute atomic E-state index is 12.0. The third kappa shape index (κ3) is 4.63. The molecule has 0 saturated carbocycles. The lowest BCUT2D eigenvalue weighted by atomic mass is 10.1. The topological polar surface area (TPSA) is 45.2 Å². The molecule has 5 heteroatoms.